The summed E-state index contributed by atoms with van der Waals surface area (Å²) in [5, 5.41) is 12.1. The Labute approximate surface area is 130 Å². The van der Waals surface area contributed by atoms with E-state index in [0.29, 0.717) is 12.8 Å². The number of carboxylic acids is 1. The van der Waals surface area contributed by atoms with E-state index < -0.39 is 29.2 Å². The monoisotopic (exact) mass is 357 g/mol. The average Bonchev–Trinajstić information content (AvgIpc) is 2.41. The Kier molecular flexibility index (Phi) is 4.66. The first-order valence-electron chi connectivity index (χ1n) is 6.84. The highest BCUT2D eigenvalue weighted by Gasteiger charge is 2.42. The van der Waals surface area contributed by atoms with Gasteiger partial charge in [-0.25, -0.2) is 4.39 Å². The van der Waals surface area contributed by atoms with E-state index in [1.165, 1.54) is 12.1 Å². The number of hydrogen-bond acceptors (Lipinski definition) is 2. The number of carbonyl (C=O) groups is 2. The lowest BCUT2D eigenvalue weighted by molar-refractivity contribution is -0.145. The molecule has 1 amide bonds. The maximum absolute atomic E-state index is 13.5. The van der Waals surface area contributed by atoms with Crippen LogP contribution in [0.1, 0.15) is 43.0 Å². The third-order valence-corrected chi connectivity index (χ3v) is 4.73. The summed E-state index contributed by atoms with van der Waals surface area (Å²) < 4.78 is 13.8. The lowest BCUT2D eigenvalue weighted by atomic mass is 9.73. The standard InChI is InChI=1S/C15H17BrFNO3/c1-15(7-3-2-4-10(15)14(20)21)18-13(19)9-5-6-11(16)12(17)8-9/h5-6,8,10H,2-4,7H2,1H3,(H,18,19)(H,20,21). The van der Waals surface area contributed by atoms with Gasteiger partial charge in [-0.1, -0.05) is 12.8 Å². The van der Waals surface area contributed by atoms with Crippen molar-refractivity contribution in [3.8, 4) is 0 Å². The summed E-state index contributed by atoms with van der Waals surface area (Å²) in [7, 11) is 0. The Morgan fingerprint density at radius 2 is 2.14 bits per heavy atom. The molecule has 0 radical (unpaired) electrons. The van der Waals surface area contributed by atoms with Crippen molar-refractivity contribution < 1.29 is 19.1 Å². The van der Waals surface area contributed by atoms with Gasteiger partial charge in [0.25, 0.3) is 5.91 Å². The quantitative estimate of drug-likeness (QED) is 0.871. The molecule has 0 spiro atoms. The molecule has 1 aliphatic rings. The predicted octanol–water partition coefficient (Wildman–Crippen LogP) is 3.35. The second kappa shape index (κ2) is 6.13. The zero-order chi connectivity index (χ0) is 15.6. The van der Waals surface area contributed by atoms with E-state index >= 15 is 0 Å². The molecule has 21 heavy (non-hydrogen) atoms. The van der Waals surface area contributed by atoms with Gasteiger partial charge in [-0.3, -0.25) is 9.59 Å². The fourth-order valence-corrected chi connectivity index (χ4v) is 3.09. The van der Waals surface area contributed by atoms with Crippen molar-refractivity contribution in [1.82, 2.24) is 5.32 Å². The van der Waals surface area contributed by atoms with Crippen LogP contribution >= 0.6 is 15.9 Å². The van der Waals surface area contributed by atoms with E-state index in [0.717, 1.165) is 18.9 Å². The minimum absolute atomic E-state index is 0.187. The molecule has 114 valence electrons. The summed E-state index contributed by atoms with van der Waals surface area (Å²) >= 11 is 3.03. The molecule has 0 aliphatic heterocycles. The Morgan fingerprint density at radius 1 is 1.43 bits per heavy atom. The highest BCUT2D eigenvalue weighted by Crippen LogP contribution is 2.34. The fourth-order valence-electron chi connectivity index (χ4n) is 2.85. The smallest absolute Gasteiger partial charge is 0.308 e. The summed E-state index contributed by atoms with van der Waals surface area (Å²) in [6.45, 7) is 1.75. The maximum Gasteiger partial charge on any atom is 0.308 e. The average molecular weight is 358 g/mol. The minimum Gasteiger partial charge on any atom is -0.481 e. The van der Waals surface area contributed by atoms with Crippen LogP contribution in [0.3, 0.4) is 0 Å². The number of amides is 1. The molecule has 1 aliphatic carbocycles. The van der Waals surface area contributed by atoms with Crippen molar-refractivity contribution in [2.75, 3.05) is 0 Å². The number of carbonyl (C=O) groups excluding carboxylic acids is 1. The lowest BCUT2D eigenvalue weighted by Crippen LogP contribution is -2.55. The summed E-state index contributed by atoms with van der Waals surface area (Å²) in [5.41, 5.74) is -0.614. The molecule has 2 unspecified atom stereocenters. The van der Waals surface area contributed by atoms with Gasteiger partial charge in [0.15, 0.2) is 0 Å². The van der Waals surface area contributed by atoms with E-state index in [9.17, 15) is 19.1 Å². The first kappa shape index (κ1) is 15.9. The summed E-state index contributed by atoms with van der Waals surface area (Å²) in [6, 6.07) is 4.11. The number of benzene rings is 1. The third-order valence-electron chi connectivity index (χ3n) is 4.09. The van der Waals surface area contributed by atoms with Crippen LogP contribution in [0.15, 0.2) is 22.7 Å². The number of rotatable bonds is 3. The third kappa shape index (κ3) is 3.43. The molecule has 0 aromatic heterocycles. The molecule has 1 fully saturated rings. The van der Waals surface area contributed by atoms with Gasteiger partial charge in [0.05, 0.1) is 15.9 Å². The van der Waals surface area contributed by atoms with E-state index in [4.69, 9.17) is 0 Å². The molecule has 1 aromatic carbocycles. The number of nitrogens with one attached hydrogen (secondary N) is 1. The van der Waals surface area contributed by atoms with Crippen molar-refractivity contribution in [2.24, 2.45) is 5.92 Å². The van der Waals surface area contributed by atoms with Crippen molar-refractivity contribution in [3.63, 3.8) is 0 Å². The molecular formula is C15H17BrFNO3. The summed E-state index contributed by atoms with van der Waals surface area (Å²) in [6.07, 6.45) is 2.86. The molecule has 1 saturated carbocycles. The second-order valence-electron chi connectivity index (χ2n) is 5.64. The van der Waals surface area contributed by atoms with Crippen LogP contribution in [-0.2, 0) is 4.79 Å². The van der Waals surface area contributed by atoms with Crippen molar-refractivity contribution in [1.29, 1.82) is 0 Å². The Morgan fingerprint density at radius 3 is 2.76 bits per heavy atom. The van der Waals surface area contributed by atoms with Crippen molar-refractivity contribution in [3.05, 3.63) is 34.1 Å². The van der Waals surface area contributed by atoms with Gasteiger partial charge in [0.2, 0.25) is 0 Å². The molecular weight excluding hydrogens is 341 g/mol. The molecule has 1 aromatic rings. The van der Waals surface area contributed by atoms with Gasteiger partial charge in [-0.05, 0) is 53.9 Å². The number of aliphatic carboxylic acids is 1. The van der Waals surface area contributed by atoms with Gasteiger partial charge in [0, 0.05) is 5.56 Å². The second-order valence-corrected chi connectivity index (χ2v) is 6.49. The lowest BCUT2D eigenvalue weighted by Gasteiger charge is -2.39. The summed E-state index contributed by atoms with van der Waals surface area (Å²) in [5.74, 6) is -2.49. The van der Waals surface area contributed by atoms with Gasteiger partial charge in [0.1, 0.15) is 5.82 Å². The molecule has 0 bridgehead atoms. The van der Waals surface area contributed by atoms with E-state index in [1.54, 1.807) is 6.92 Å². The zero-order valence-electron chi connectivity index (χ0n) is 11.7. The Bertz CT molecular complexity index is 578. The molecule has 0 saturated heterocycles. The van der Waals surface area contributed by atoms with Crippen LogP contribution in [0, 0.1) is 11.7 Å². The molecule has 0 heterocycles. The van der Waals surface area contributed by atoms with Crippen LogP contribution in [0.25, 0.3) is 0 Å². The topological polar surface area (TPSA) is 66.4 Å². The first-order valence-corrected chi connectivity index (χ1v) is 7.63. The van der Waals surface area contributed by atoms with Crippen LogP contribution in [-0.4, -0.2) is 22.5 Å². The molecule has 2 atom stereocenters. The zero-order valence-corrected chi connectivity index (χ0v) is 13.2. The number of hydrogen-bond donors (Lipinski definition) is 2. The maximum atomic E-state index is 13.5. The van der Waals surface area contributed by atoms with E-state index in [2.05, 4.69) is 21.2 Å². The summed E-state index contributed by atoms with van der Waals surface area (Å²) in [4.78, 5) is 23.6. The van der Waals surface area contributed by atoms with Gasteiger partial charge in [-0.15, -0.1) is 0 Å². The molecule has 4 nitrogen and oxygen atoms in total. The minimum atomic E-state index is -0.903. The largest absolute Gasteiger partial charge is 0.481 e. The highest BCUT2D eigenvalue weighted by molar-refractivity contribution is 9.10. The van der Waals surface area contributed by atoms with Crippen molar-refractivity contribution in [2.45, 2.75) is 38.1 Å². The van der Waals surface area contributed by atoms with Crippen LogP contribution in [0.2, 0.25) is 0 Å². The SMILES string of the molecule is CC1(NC(=O)c2ccc(Br)c(F)c2)CCCCC1C(=O)O. The Hall–Kier alpha value is -1.43. The van der Waals surface area contributed by atoms with Gasteiger partial charge >= 0.3 is 5.97 Å². The van der Waals surface area contributed by atoms with E-state index in [1.807, 2.05) is 0 Å². The fraction of sp³-hybridized carbons (Fsp3) is 0.467. The predicted molar refractivity (Wildman–Crippen MR) is 79.6 cm³/mol. The number of carboxylic acid groups (broad SMARTS) is 1. The molecule has 6 heteroatoms. The normalized spacial score (nSPS) is 25.4. The van der Waals surface area contributed by atoms with Gasteiger partial charge < -0.3 is 10.4 Å². The van der Waals surface area contributed by atoms with Crippen LogP contribution in [0.5, 0.6) is 0 Å². The highest BCUT2D eigenvalue weighted by atomic mass is 79.9. The van der Waals surface area contributed by atoms with E-state index in [-0.39, 0.29) is 10.0 Å². The first-order chi connectivity index (χ1) is 9.83. The number of halogens is 2. The van der Waals surface area contributed by atoms with Crippen LogP contribution in [0.4, 0.5) is 4.39 Å². The molecule has 2 rings (SSSR count). The van der Waals surface area contributed by atoms with Crippen molar-refractivity contribution >= 4 is 27.8 Å². The van der Waals surface area contributed by atoms with Gasteiger partial charge in [-0.2, -0.15) is 0 Å². The molecule has 2 N–H and O–H groups in total. The van der Waals surface area contributed by atoms with Crippen LogP contribution < -0.4 is 5.32 Å². The Balaban J connectivity index is 2.20.